The van der Waals surface area contributed by atoms with Crippen LogP contribution in [-0.2, 0) is 6.42 Å². The first-order valence-electron chi connectivity index (χ1n) is 8.91. The number of hydrogen-bond donors (Lipinski definition) is 1. The van der Waals surface area contributed by atoms with Crippen molar-refractivity contribution in [1.82, 2.24) is 4.98 Å². The molecule has 4 aromatic rings. The fraction of sp³-hybridized carbons (Fsp3) is 0.174. The number of aromatic nitrogens is 1. The zero-order valence-corrected chi connectivity index (χ0v) is 14.4. The van der Waals surface area contributed by atoms with Crippen LogP contribution < -0.4 is 0 Å². The van der Waals surface area contributed by atoms with Crippen molar-refractivity contribution in [1.29, 1.82) is 0 Å². The lowest BCUT2D eigenvalue weighted by Crippen LogP contribution is -2.02. The summed E-state index contributed by atoms with van der Waals surface area (Å²) < 4.78 is 0. The van der Waals surface area contributed by atoms with Crippen LogP contribution in [0.1, 0.15) is 41.4 Å². The molecule has 124 valence electrons. The number of carbonyl (C=O) groups is 1. The van der Waals surface area contributed by atoms with E-state index < -0.39 is 0 Å². The minimum absolute atomic E-state index is 0.0504. The molecule has 2 heteroatoms. The maximum Gasteiger partial charge on any atom is 0.209 e. The summed E-state index contributed by atoms with van der Waals surface area (Å²) in [6.07, 6.45) is 3.38. The molecule has 1 aromatic heterocycles. The van der Waals surface area contributed by atoms with Gasteiger partial charge in [0.25, 0.3) is 0 Å². The third kappa shape index (κ3) is 2.85. The largest absolute Gasteiger partial charge is 0.352 e. The SMILES string of the molecule is CCCCc1cccc2[nH]c(C(=O)c3cccc4ccccc34)cc12. The minimum atomic E-state index is 0.0504. The molecular formula is C23H21NO. The molecule has 0 unspecified atom stereocenters. The molecule has 0 spiro atoms. The van der Waals surface area contributed by atoms with E-state index in [4.69, 9.17) is 0 Å². The smallest absolute Gasteiger partial charge is 0.209 e. The van der Waals surface area contributed by atoms with Gasteiger partial charge in [-0.25, -0.2) is 0 Å². The Kier molecular flexibility index (Phi) is 4.10. The second kappa shape index (κ2) is 6.56. The number of ketones is 1. The molecule has 0 radical (unpaired) electrons. The van der Waals surface area contributed by atoms with E-state index in [1.165, 1.54) is 17.4 Å². The number of unbranched alkanes of at least 4 members (excludes halogenated alkanes) is 1. The number of aromatic amines is 1. The van der Waals surface area contributed by atoms with Crippen molar-refractivity contribution >= 4 is 27.5 Å². The molecule has 0 saturated carbocycles. The van der Waals surface area contributed by atoms with E-state index in [-0.39, 0.29) is 5.78 Å². The predicted octanol–water partition coefficient (Wildman–Crippen LogP) is 5.89. The van der Waals surface area contributed by atoms with Crippen LogP contribution in [0.5, 0.6) is 0 Å². The molecule has 0 amide bonds. The van der Waals surface area contributed by atoms with Gasteiger partial charge in [0.15, 0.2) is 0 Å². The van der Waals surface area contributed by atoms with Gasteiger partial charge in [-0.2, -0.15) is 0 Å². The zero-order valence-electron chi connectivity index (χ0n) is 14.4. The second-order valence-corrected chi connectivity index (χ2v) is 6.52. The molecule has 0 saturated heterocycles. The molecule has 1 heterocycles. The summed E-state index contributed by atoms with van der Waals surface area (Å²) >= 11 is 0. The summed E-state index contributed by atoms with van der Waals surface area (Å²) in [4.78, 5) is 16.4. The Balaban J connectivity index is 1.80. The Hall–Kier alpha value is -2.87. The predicted molar refractivity (Wildman–Crippen MR) is 104 cm³/mol. The van der Waals surface area contributed by atoms with Crippen molar-refractivity contribution in [2.24, 2.45) is 0 Å². The van der Waals surface area contributed by atoms with Crippen molar-refractivity contribution in [2.75, 3.05) is 0 Å². The van der Waals surface area contributed by atoms with Gasteiger partial charge in [0.05, 0.1) is 5.69 Å². The number of nitrogens with one attached hydrogen (secondary N) is 1. The first-order valence-corrected chi connectivity index (χ1v) is 8.91. The number of rotatable bonds is 5. The summed E-state index contributed by atoms with van der Waals surface area (Å²) in [6, 6.07) is 22.2. The van der Waals surface area contributed by atoms with Crippen LogP contribution in [0.2, 0.25) is 0 Å². The van der Waals surface area contributed by atoms with E-state index in [0.29, 0.717) is 5.69 Å². The van der Waals surface area contributed by atoms with Gasteiger partial charge in [0.1, 0.15) is 0 Å². The van der Waals surface area contributed by atoms with Gasteiger partial charge in [0, 0.05) is 16.5 Å². The molecule has 0 bridgehead atoms. The van der Waals surface area contributed by atoms with Crippen molar-refractivity contribution in [3.8, 4) is 0 Å². The summed E-state index contributed by atoms with van der Waals surface area (Å²) in [7, 11) is 0. The van der Waals surface area contributed by atoms with Crippen LogP contribution >= 0.6 is 0 Å². The molecule has 2 nitrogen and oxygen atoms in total. The fourth-order valence-corrected chi connectivity index (χ4v) is 3.49. The Labute approximate surface area is 147 Å². The van der Waals surface area contributed by atoms with Crippen LogP contribution in [0.25, 0.3) is 21.7 Å². The highest BCUT2D eigenvalue weighted by molar-refractivity contribution is 6.17. The molecular weight excluding hydrogens is 306 g/mol. The topological polar surface area (TPSA) is 32.9 Å². The number of H-pyrrole nitrogens is 1. The van der Waals surface area contributed by atoms with Crippen LogP contribution in [0.3, 0.4) is 0 Å². The third-order valence-electron chi connectivity index (χ3n) is 4.83. The maximum absolute atomic E-state index is 13.1. The number of fused-ring (bicyclic) bond motifs is 2. The first kappa shape index (κ1) is 15.6. The van der Waals surface area contributed by atoms with Gasteiger partial charge in [-0.3, -0.25) is 4.79 Å². The third-order valence-corrected chi connectivity index (χ3v) is 4.83. The van der Waals surface area contributed by atoms with Crippen LogP contribution in [0.4, 0.5) is 0 Å². The Morgan fingerprint density at radius 3 is 2.60 bits per heavy atom. The Morgan fingerprint density at radius 1 is 0.920 bits per heavy atom. The van der Waals surface area contributed by atoms with Crippen LogP contribution in [0, 0.1) is 0 Å². The second-order valence-electron chi connectivity index (χ2n) is 6.52. The summed E-state index contributed by atoms with van der Waals surface area (Å²) in [6.45, 7) is 2.20. The summed E-state index contributed by atoms with van der Waals surface area (Å²) in [5, 5.41) is 3.26. The van der Waals surface area contributed by atoms with Crippen molar-refractivity contribution < 1.29 is 4.79 Å². The molecule has 3 aromatic carbocycles. The molecule has 0 aliphatic rings. The number of hydrogen-bond acceptors (Lipinski definition) is 1. The van der Waals surface area contributed by atoms with Crippen molar-refractivity contribution in [3.05, 3.63) is 83.6 Å². The maximum atomic E-state index is 13.1. The Bertz CT molecular complexity index is 1050. The zero-order chi connectivity index (χ0) is 17.2. The van der Waals surface area contributed by atoms with E-state index >= 15 is 0 Å². The average Bonchev–Trinajstić information content (AvgIpc) is 3.10. The molecule has 1 N–H and O–H groups in total. The van der Waals surface area contributed by atoms with Gasteiger partial charge in [-0.05, 0) is 41.3 Å². The van der Waals surface area contributed by atoms with E-state index in [9.17, 15) is 4.79 Å². The lowest BCUT2D eigenvalue weighted by atomic mass is 9.99. The molecule has 0 aliphatic carbocycles. The van der Waals surface area contributed by atoms with Crippen LogP contribution in [0.15, 0.2) is 66.7 Å². The van der Waals surface area contributed by atoms with Gasteiger partial charge in [-0.1, -0.05) is 67.9 Å². The fourth-order valence-electron chi connectivity index (χ4n) is 3.49. The van der Waals surface area contributed by atoms with E-state index in [2.05, 4.69) is 24.0 Å². The highest BCUT2D eigenvalue weighted by atomic mass is 16.1. The van der Waals surface area contributed by atoms with E-state index in [1.807, 2.05) is 54.6 Å². The summed E-state index contributed by atoms with van der Waals surface area (Å²) in [5.74, 6) is 0.0504. The minimum Gasteiger partial charge on any atom is -0.352 e. The quantitative estimate of drug-likeness (QED) is 0.455. The molecule has 25 heavy (non-hydrogen) atoms. The highest BCUT2D eigenvalue weighted by Crippen LogP contribution is 2.25. The normalized spacial score (nSPS) is 11.2. The molecule has 4 rings (SSSR count). The van der Waals surface area contributed by atoms with Gasteiger partial charge < -0.3 is 4.98 Å². The number of carbonyl (C=O) groups excluding carboxylic acids is 1. The molecule has 0 aliphatic heterocycles. The first-order chi connectivity index (χ1) is 12.3. The lowest BCUT2D eigenvalue weighted by molar-refractivity contribution is 0.103. The molecule has 0 atom stereocenters. The summed E-state index contributed by atoms with van der Waals surface area (Å²) in [5.41, 5.74) is 3.76. The van der Waals surface area contributed by atoms with Crippen LogP contribution in [-0.4, -0.2) is 10.8 Å². The average molecular weight is 327 g/mol. The van der Waals surface area contributed by atoms with Gasteiger partial charge in [0.2, 0.25) is 5.78 Å². The Morgan fingerprint density at radius 2 is 1.72 bits per heavy atom. The van der Waals surface area contributed by atoms with Crippen molar-refractivity contribution in [2.45, 2.75) is 26.2 Å². The van der Waals surface area contributed by atoms with Gasteiger partial charge >= 0.3 is 0 Å². The number of aryl methyl sites for hydroxylation is 1. The lowest BCUT2D eigenvalue weighted by Gasteiger charge is -2.04. The standard InChI is InChI=1S/C23H21NO/c1-2-3-8-17-11-7-14-21-20(17)15-22(24-21)23(25)19-13-6-10-16-9-4-5-12-18(16)19/h4-7,9-15,24H,2-3,8H2,1H3. The number of benzene rings is 3. The molecule has 0 fully saturated rings. The monoisotopic (exact) mass is 327 g/mol. The van der Waals surface area contributed by atoms with Crippen molar-refractivity contribution in [3.63, 3.8) is 0 Å². The van der Waals surface area contributed by atoms with Gasteiger partial charge in [-0.15, -0.1) is 0 Å². The van der Waals surface area contributed by atoms with E-state index in [1.54, 1.807) is 0 Å². The highest BCUT2D eigenvalue weighted by Gasteiger charge is 2.15. The van der Waals surface area contributed by atoms with E-state index in [0.717, 1.165) is 34.7 Å².